The van der Waals surface area contributed by atoms with Crippen molar-refractivity contribution in [2.45, 2.75) is 40.7 Å². The number of carbonyl (C=O) groups excluding carboxylic acids is 1. The van der Waals surface area contributed by atoms with Gasteiger partial charge in [-0.2, -0.15) is 0 Å². The summed E-state index contributed by atoms with van der Waals surface area (Å²) in [5, 5.41) is 0. The lowest BCUT2D eigenvalue weighted by molar-refractivity contribution is -0.119. The maximum atomic E-state index is 12.8. The second kappa shape index (κ2) is 6.77. The Bertz CT molecular complexity index is 611. The number of hydrogen-bond acceptors (Lipinski definition) is 3. The Morgan fingerprint density at radius 1 is 1.14 bits per heavy atom. The minimum absolute atomic E-state index is 0.125. The first kappa shape index (κ1) is 16.3. The van der Waals surface area contributed by atoms with E-state index in [1.807, 2.05) is 31.7 Å². The SMILES string of the molecule is CC(C)=CCN1C(=O)[C@H](C)N(CC=C(C)C)c2ccncc21. The molecule has 1 atom stereocenters. The molecule has 4 nitrogen and oxygen atoms in total. The second-order valence-corrected chi connectivity index (χ2v) is 6.20. The van der Waals surface area contributed by atoms with E-state index in [2.05, 4.69) is 35.9 Å². The lowest BCUT2D eigenvalue weighted by Gasteiger charge is -2.40. The van der Waals surface area contributed by atoms with Crippen molar-refractivity contribution in [1.82, 2.24) is 4.98 Å². The van der Waals surface area contributed by atoms with E-state index in [-0.39, 0.29) is 11.9 Å². The number of carbonyl (C=O) groups is 1. The van der Waals surface area contributed by atoms with Gasteiger partial charge in [0.2, 0.25) is 5.91 Å². The van der Waals surface area contributed by atoms with Crippen molar-refractivity contribution in [1.29, 1.82) is 0 Å². The lowest BCUT2D eigenvalue weighted by Crippen LogP contribution is -2.52. The number of nitrogens with zero attached hydrogens (tertiary/aromatic N) is 3. The van der Waals surface area contributed by atoms with E-state index in [9.17, 15) is 4.79 Å². The van der Waals surface area contributed by atoms with Crippen molar-refractivity contribution in [3.05, 3.63) is 41.8 Å². The number of allylic oxidation sites excluding steroid dienone is 2. The number of pyridine rings is 1. The molecule has 0 unspecified atom stereocenters. The van der Waals surface area contributed by atoms with E-state index in [1.165, 1.54) is 11.1 Å². The molecule has 1 aliphatic rings. The van der Waals surface area contributed by atoms with Crippen LogP contribution < -0.4 is 9.80 Å². The molecule has 0 N–H and O–H groups in total. The molecule has 1 aromatic heterocycles. The van der Waals surface area contributed by atoms with Crippen LogP contribution in [-0.4, -0.2) is 30.0 Å². The average molecular weight is 299 g/mol. The third kappa shape index (κ3) is 3.38. The van der Waals surface area contributed by atoms with Gasteiger partial charge in [0.1, 0.15) is 6.04 Å². The fourth-order valence-electron chi connectivity index (χ4n) is 2.52. The quantitative estimate of drug-likeness (QED) is 0.798. The van der Waals surface area contributed by atoms with Crippen LogP contribution in [0.1, 0.15) is 34.6 Å². The number of anilines is 2. The highest BCUT2D eigenvalue weighted by molar-refractivity contribution is 6.05. The van der Waals surface area contributed by atoms with Gasteiger partial charge in [0.15, 0.2) is 0 Å². The third-order valence-corrected chi connectivity index (χ3v) is 3.85. The fraction of sp³-hybridized carbons (Fsp3) is 0.444. The van der Waals surface area contributed by atoms with Crippen molar-refractivity contribution in [2.24, 2.45) is 0 Å². The monoisotopic (exact) mass is 299 g/mol. The summed E-state index contributed by atoms with van der Waals surface area (Å²) in [6.45, 7) is 11.5. The van der Waals surface area contributed by atoms with Crippen LogP contribution in [0.3, 0.4) is 0 Å². The molecule has 0 fully saturated rings. The molecule has 0 saturated heterocycles. The van der Waals surface area contributed by atoms with Gasteiger partial charge in [-0.3, -0.25) is 9.78 Å². The predicted molar refractivity (Wildman–Crippen MR) is 92.3 cm³/mol. The van der Waals surface area contributed by atoms with Crippen molar-refractivity contribution in [3.8, 4) is 0 Å². The van der Waals surface area contributed by atoms with E-state index in [0.717, 1.165) is 17.9 Å². The Morgan fingerprint density at radius 2 is 1.77 bits per heavy atom. The highest BCUT2D eigenvalue weighted by atomic mass is 16.2. The van der Waals surface area contributed by atoms with Gasteiger partial charge in [-0.05, 0) is 40.7 Å². The van der Waals surface area contributed by atoms with Gasteiger partial charge in [0, 0.05) is 19.3 Å². The van der Waals surface area contributed by atoms with Crippen molar-refractivity contribution >= 4 is 17.3 Å². The van der Waals surface area contributed by atoms with Crippen LogP contribution in [-0.2, 0) is 4.79 Å². The van der Waals surface area contributed by atoms with Crippen LogP contribution in [0.2, 0.25) is 0 Å². The molecule has 0 radical (unpaired) electrons. The average Bonchev–Trinajstić information content (AvgIpc) is 2.47. The van der Waals surface area contributed by atoms with Crippen LogP contribution in [0.15, 0.2) is 41.8 Å². The minimum Gasteiger partial charge on any atom is -0.354 e. The second-order valence-electron chi connectivity index (χ2n) is 6.20. The zero-order chi connectivity index (χ0) is 16.3. The molecule has 0 aliphatic carbocycles. The highest BCUT2D eigenvalue weighted by Crippen LogP contribution is 2.35. The Labute approximate surface area is 133 Å². The minimum atomic E-state index is -0.170. The molecule has 118 valence electrons. The Hall–Kier alpha value is -2.10. The number of rotatable bonds is 4. The molecule has 0 aromatic carbocycles. The molecule has 2 heterocycles. The maximum Gasteiger partial charge on any atom is 0.249 e. The number of aromatic nitrogens is 1. The van der Waals surface area contributed by atoms with Gasteiger partial charge in [0.25, 0.3) is 0 Å². The van der Waals surface area contributed by atoms with Gasteiger partial charge in [0.05, 0.1) is 17.6 Å². The van der Waals surface area contributed by atoms with E-state index in [4.69, 9.17) is 0 Å². The summed E-state index contributed by atoms with van der Waals surface area (Å²) in [6, 6.07) is 1.82. The van der Waals surface area contributed by atoms with Gasteiger partial charge in [-0.1, -0.05) is 23.3 Å². The molecule has 0 spiro atoms. The van der Waals surface area contributed by atoms with Crippen LogP contribution in [0.4, 0.5) is 11.4 Å². The molecule has 0 saturated carbocycles. The Morgan fingerprint density at radius 3 is 2.41 bits per heavy atom. The van der Waals surface area contributed by atoms with Gasteiger partial charge in [-0.15, -0.1) is 0 Å². The molecule has 4 heteroatoms. The summed E-state index contributed by atoms with van der Waals surface area (Å²) < 4.78 is 0. The summed E-state index contributed by atoms with van der Waals surface area (Å²) in [6.07, 6.45) is 7.80. The summed E-state index contributed by atoms with van der Waals surface area (Å²) in [5.74, 6) is 0.125. The van der Waals surface area contributed by atoms with Crippen molar-refractivity contribution < 1.29 is 4.79 Å². The summed E-state index contributed by atoms with van der Waals surface area (Å²) in [7, 11) is 0. The highest BCUT2D eigenvalue weighted by Gasteiger charge is 2.34. The largest absolute Gasteiger partial charge is 0.354 e. The number of hydrogen-bond donors (Lipinski definition) is 0. The zero-order valence-corrected chi connectivity index (χ0v) is 14.1. The maximum absolute atomic E-state index is 12.8. The van der Waals surface area contributed by atoms with Crippen LogP contribution in [0.5, 0.6) is 0 Å². The fourth-order valence-corrected chi connectivity index (χ4v) is 2.52. The first-order valence-corrected chi connectivity index (χ1v) is 7.70. The molecular weight excluding hydrogens is 274 g/mol. The lowest BCUT2D eigenvalue weighted by atomic mass is 10.1. The van der Waals surface area contributed by atoms with Crippen LogP contribution >= 0.6 is 0 Å². The Balaban J connectivity index is 2.41. The molecule has 22 heavy (non-hydrogen) atoms. The third-order valence-electron chi connectivity index (χ3n) is 3.85. The number of amides is 1. The Kier molecular flexibility index (Phi) is 5.01. The normalized spacial score (nSPS) is 17.1. The van der Waals surface area contributed by atoms with E-state index in [1.54, 1.807) is 12.4 Å². The molecular formula is C18H25N3O. The van der Waals surface area contributed by atoms with E-state index >= 15 is 0 Å². The summed E-state index contributed by atoms with van der Waals surface area (Å²) >= 11 is 0. The smallest absolute Gasteiger partial charge is 0.249 e. The summed E-state index contributed by atoms with van der Waals surface area (Å²) in [5.41, 5.74) is 4.42. The molecule has 2 rings (SSSR count). The van der Waals surface area contributed by atoms with Gasteiger partial charge >= 0.3 is 0 Å². The number of fused-ring (bicyclic) bond motifs is 1. The first-order chi connectivity index (χ1) is 10.4. The standard InChI is InChI=1S/C18H25N3O/c1-13(2)7-10-20-15(5)18(22)21(11-8-14(3)4)17-12-19-9-6-16(17)20/h6-9,12,15H,10-11H2,1-5H3/t15-/m0/s1. The van der Waals surface area contributed by atoms with Crippen molar-refractivity contribution in [3.63, 3.8) is 0 Å². The molecule has 1 aliphatic heterocycles. The van der Waals surface area contributed by atoms with E-state index < -0.39 is 0 Å². The topological polar surface area (TPSA) is 36.4 Å². The van der Waals surface area contributed by atoms with Crippen molar-refractivity contribution in [2.75, 3.05) is 22.9 Å². The van der Waals surface area contributed by atoms with Gasteiger partial charge in [-0.25, -0.2) is 0 Å². The van der Waals surface area contributed by atoms with E-state index in [0.29, 0.717) is 6.54 Å². The summed E-state index contributed by atoms with van der Waals surface area (Å²) in [4.78, 5) is 20.9. The predicted octanol–water partition coefficient (Wildman–Crippen LogP) is 3.56. The first-order valence-electron chi connectivity index (χ1n) is 7.70. The molecule has 1 amide bonds. The molecule has 0 bridgehead atoms. The molecule has 1 aromatic rings. The zero-order valence-electron chi connectivity index (χ0n) is 14.1. The van der Waals surface area contributed by atoms with Gasteiger partial charge < -0.3 is 9.80 Å². The van der Waals surface area contributed by atoms with Crippen LogP contribution in [0, 0.1) is 0 Å². The van der Waals surface area contributed by atoms with Crippen LogP contribution in [0.25, 0.3) is 0 Å².